The van der Waals surface area contributed by atoms with Gasteiger partial charge >= 0.3 is 0 Å². The van der Waals surface area contributed by atoms with Crippen LogP contribution in [0, 0.1) is 25.2 Å². The molecule has 6 heteroatoms. The monoisotopic (exact) mass is 368 g/mol. The third-order valence-electron chi connectivity index (χ3n) is 4.01. The number of halogens is 1. The summed E-state index contributed by atoms with van der Waals surface area (Å²) in [6, 6.07) is 11.0. The van der Waals surface area contributed by atoms with Crippen LogP contribution in [0.1, 0.15) is 16.7 Å². The smallest absolute Gasteiger partial charge is 0.266 e. The van der Waals surface area contributed by atoms with Crippen molar-refractivity contribution in [2.24, 2.45) is 0 Å². The van der Waals surface area contributed by atoms with Crippen molar-refractivity contribution in [3.05, 3.63) is 57.6 Å². The van der Waals surface area contributed by atoms with Crippen molar-refractivity contribution >= 4 is 29.3 Å². The highest BCUT2D eigenvalue weighted by atomic mass is 35.5. The van der Waals surface area contributed by atoms with Crippen LogP contribution in [-0.2, 0) is 4.79 Å². The van der Waals surface area contributed by atoms with Crippen molar-refractivity contribution < 1.29 is 14.3 Å². The third-order valence-corrected chi connectivity index (χ3v) is 4.30. The first kappa shape index (κ1) is 17.8. The summed E-state index contributed by atoms with van der Waals surface area (Å²) in [5.74, 6) is 0.506. The molecule has 5 nitrogen and oxygen atoms in total. The van der Waals surface area contributed by atoms with Gasteiger partial charge in [0, 0.05) is 5.69 Å². The molecule has 1 heterocycles. The van der Waals surface area contributed by atoms with Crippen LogP contribution >= 0.6 is 11.6 Å². The van der Waals surface area contributed by atoms with Crippen molar-refractivity contribution in [3.63, 3.8) is 0 Å². The molecule has 0 saturated heterocycles. The van der Waals surface area contributed by atoms with Crippen LogP contribution in [0.15, 0.2) is 35.9 Å². The van der Waals surface area contributed by atoms with Gasteiger partial charge in [-0.3, -0.25) is 4.79 Å². The number of carbonyl (C=O) groups excluding carboxylic acids is 1. The third kappa shape index (κ3) is 3.66. The van der Waals surface area contributed by atoms with E-state index in [1.165, 1.54) is 6.08 Å². The zero-order valence-electron chi connectivity index (χ0n) is 14.4. The van der Waals surface area contributed by atoms with E-state index >= 15 is 0 Å². The summed E-state index contributed by atoms with van der Waals surface area (Å²) in [4.78, 5) is 12.5. The van der Waals surface area contributed by atoms with E-state index in [4.69, 9.17) is 21.1 Å². The lowest BCUT2D eigenvalue weighted by molar-refractivity contribution is -0.112. The molecule has 0 bridgehead atoms. The summed E-state index contributed by atoms with van der Waals surface area (Å²) in [6.07, 6.45) is 1.48. The zero-order valence-corrected chi connectivity index (χ0v) is 15.2. The molecule has 1 aliphatic heterocycles. The van der Waals surface area contributed by atoms with E-state index in [-0.39, 0.29) is 5.57 Å². The van der Waals surface area contributed by atoms with E-state index in [0.29, 0.717) is 41.0 Å². The van der Waals surface area contributed by atoms with E-state index in [1.54, 1.807) is 12.1 Å². The number of anilines is 1. The Morgan fingerprint density at radius 3 is 2.62 bits per heavy atom. The Morgan fingerprint density at radius 2 is 1.92 bits per heavy atom. The van der Waals surface area contributed by atoms with Gasteiger partial charge in [-0.1, -0.05) is 29.8 Å². The van der Waals surface area contributed by atoms with Crippen molar-refractivity contribution in [1.29, 1.82) is 5.26 Å². The Kier molecular flexibility index (Phi) is 5.15. The number of aryl methyl sites for hydroxylation is 2. The molecule has 0 aromatic heterocycles. The van der Waals surface area contributed by atoms with Crippen molar-refractivity contribution in [2.75, 3.05) is 18.5 Å². The summed E-state index contributed by atoms with van der Waals surface area (Å²) in [6.45, 7) is 4.66. The highest BCUT2D eigenvalue weighted by Crippen LogP contribution is 2.38. The topological polar surface area (TPSA) is 71.4 Å². The number of benzene rings is 2. The minimum absolute atomic E-state index is 0.0274. The molecule has 0 saturated carbocycles. The van der Waals surface area contributed by atoms with Crippen LogP contribution in [-0.4, -0.2) is 19.1 Å². The lowest BCUT2D eigenvalue weighted by Crippen LogP contribution is -2.16. The van der Waals surface area contributed by atoms with Gasteiger partial charge in [0.1, 0.15) is 24.9 Å². The Labute approximate surface area is 156 Å². The Morgan fingerprint density at radius 1 is 1.23 bits per heavy atom. The summed E-state index contributed by atoms with van der Waals surface area (Å²) < 4.78 is 11.0. The summed E-state index contributed by atoms with van der Waals surface area (Å²) >= 11 is 6.21. The molecule has 0 radical (unpaired) electrons. The molecule has 0 fully saturated rings. The number of fused-ring (bicyclic) bond motifs is 1. The number of hydrogen-bond donors (Lipinski definition) is 1. The number of nitriles is 1. The zero-order chi connectivity index (χ0) is 18.7. The maximum absolute atomic E-state index is 12.5. The van der Waals surface area contributed by atoms with Gasteiger partial charge < -0.3 is 14.8 Å². The predicted molar refractivity (Wildman–Crippen MR) is 101 cm³/mol. The summed E-state index contributed by atoms with van der Waals surface area (Å²) in [5.41, 5.74) is 3.13. The number of rotatable bonds is 3. The maximum Gasteiger partial charge on any atom is 0.266 e. The number of hydrogen-bond acceptors (Lipinski definition) is 4. The fourth-order valence-electron chi connectivity index (χ4n) is 2.72. The highest BCUT2D eigenvalue weighted by molar-refractivity contribution is 6.32. The first-order valence-corrected chi connectivity index (χ1v) is 8.46. The van der Waals surface area contributed by atoms with Crippen molar-refractivity contribution in [3.8, 4) is 17.6 Å². The Hall–Kier alpha value is -2.97. The van der Waals surface area contributed by atoms with Gasteiger partial charge in [-0.05, 0) is 48.7 Å². The standard InChI is InChI=1S/C20H17ClN2O3/c1-12-4-3-5-13(2)18(12)23-20(24)15(11-22)8-14-9-16(21)19-17(10-14)25-6-7-26-19/h3-5,8-10H,6-7H2,1-2H3,(H,23,24)/b15-8+. The first-order chi connectivity index (χ1) is 12.5. The quantitative estimate of drug-likeness (QED) is 0.648. The largest absolute Gasteiger partial charge is 0.486 e. The average molecular weight is 369 g/mol. The number of para-hydroxylation sites is 1. The molecule has 2 aromatic carbocycles. The number of nitrogens with one attached hydrogen (secondary N) is 1. The number of ether oxygens (including phenoxy) is 2. The van der Waals surface area contributed by atoms with Crippen LogP contribution in [0.25, 0.3) is 6.08 Å². The van der Waals surface area contributed by atoms with Gasteiger partial charge in [-0.15, -0.1) is 0 Å². The van der Waals surface area contributed by atoms with E-state index in [0.717, 1.165) is 11.1 Å². The molecule has 1 N–H and O–H groups in total. The minimum atomic E-state index is -0.476. The molecule has 26 heavy (non-hydrogen) atoms. The highest BCUT2D eigenvalue weighted by Gasteiger charge is 2.18. The number of carbonyl (C=O) groups is 1. The van der Waals surface area contributed by atoms with Crippen LogP contribution in [0.3, 0.4) is 0 Å². The number of nitrogens with zero attached hydrogens (tertiary/aromatic N) is 1. The van der Waals surface area contributed by atoms with E-state index in [2.05, 4.69) is 5.32 Å². The summed E-state index contributed by atoms with van der Waals surface area (Å²) in [5, 5.41) is 12.6. The van der Waals surface area contributed by atoms with E-state index < -0.39 is 5.91 Å². The molecule has 2 aromatic rings. The van der Waals surface area contributed by atoms with Crippen LogP contribution in [0.5, 0.6) is 11.5 Å². The van der Waals surface area contributed by atoms with Gasteiger partial charge in [0.2, 0.25) is 0 Å². The van der Waals surface area contributed by atoms with Crippen LogP contribution < -0.4 is 14.8 Å². The molecule has 3 rings (SSSR count). The predicted octanol–water partition coefficient (Wildman–Crippen LogP) is 4.27. The normalized spacial score (nSPS) is 13.1. The molecule has 0 atom stereocenters. The van der Waals surface area contributed by atoms with Gasteiger partial charge in [0.05, 0.1) is 5.02 Å². The molecule has 1 amide bonds. The SMILES string of the molecule is Cc1cccc(C)c1NC(=O)/C(C#N)=C/c1cc(Cl)c2c(c1)OCCO2. The van der Waals surface area contributed by atoms with Crippen LogP contribution in [0.4, 0.5) is 5.69 Å². The Bertz CT molecular complexity index is 925. The van der Waals surface area contributed by atoms with Crippen molar-refractivity contribution in [1.82, 2.24) is 0 Å². The second-order valence-corrected chi connectivity index (χ2v) is 6.32. The lowest BCUT2D eigenvalue weighted by Gasteiger charge is -2.19. The fourth-order valence-corrected chi connectivity index (χ4v) is 3.00. The van der Waals surface area contributed by atoms with Gasteiger partial charge in [-0.25, -0.2) is 0 Å². The second-order valence-electron chi connectivity index (χ2n) is 5.92. The van der Waals surface area contributed by atoms with Crippen molar-refractivity contribution in [2.45, 2.75) is 13.8 Å². The second kappa shape index (κ2) is 7.51. The molecule has 0 unspecified atom stereocenters. The first-order valence-electron chi connectivity index (χ1n) is 8.08. The molecule has 132 valence electrons. The molecular weight excluding hydrogens is 352 g/mol. The Balaban J connectivity index is 1.90. The van der Waals surface area contributed by atoms with Gasteiger partial charge in [0.25, 0.3) is 5.91 Å². The lowest BCUT2D eigenvalue weighted by atomic mass is 10.1. The van der Waals surface area contributed by atoms with E-state index in [1.807, 2.05) is 38.1 Å². The average Bonchev–Trinajstić information content (AvgIpc) is 2.63. The molecule has 0 aliphatic carbocycles. The molecule has 0 spiro atoms. The van der Waals surface area contributed by atoms with Gasteiger partial charge in [0.15, 0.2) is 11.5 Å². The van der Waals surface area contributed by atoms with Crippen LogP contribution in [0.2, 0.25) is 5.02 Å². The number of amides is 1. The summed E-state index contributed by atoms with van der Waals surface area (Å²) in [7, 11) is 0. The van der Waals surface area contributed by atoms with E-state index in [9.17, 15) is 10.1 Å². The minimum Gasteiger partial charge on any atom is -0.486 e. The van der Waals surface area contributed by atoms with Gasteiger partial charge in [-0.2, -0.15) is 5.26 Å². The molecular formula is C20H17ClN2O3. The fraction of sp³-hybridized carbons (Fsp3) is 0.200. The molecule has 1 aliphatic rings. The maximum atomic E-state index is 12.5.